The summed E-state index contributed by atoms with van der Waals surface area (Å²) in [6, 6.07) is -0.0660. The van der Waals surface area contributed by atoms with E-state index in [1.54, 1.807) is 7.05 Å². The summed E-state index contributed by atoms with van der Waals surface area (Å²) in [5, 5.41) is 12.1. The first kappa shape index (κ1) is 15.6. The number of piperidine rings is 1. The van der Waals surface area contributed by atoms with Crippen LogP contribution >= 0.6 is 0 Å². The fourth-order valence-electron chi connectivity index (χ4n) is 3.46. The molecule has 2 fully saturated rings. The Morgan fingerprint density at radius 3 is 2.60 bits per heavy atom. The number of halogens is 3. The van der Waals surface area contributed by atoms with E-state index in [1.165, 1.54) is 0 Å². The molecule has 4 nitrogen and oxygen atoms in total. The molecule has 1 heterocycles. The van der Waals surface area contributed by atoms with Gasteiger partial charge in [0.25, 0.3) is 0 Å². The van der Waals surface area contributed by atoms with E-state index in [1.807, 2.05) is 4.90 Å². The van der Waals surface area contributed by atoms with Crippen LogP contribution in [0.4, 0.5) is 13.2 Å². The average molecular weight is 294 g/mol. The van der Waals surface area contributed by atoms with E-state index in [9.17, 15) is 23.1 Å². The Kier molecular flexibility index (Phi) is 4.30. The number of hydrogen-bond acceptors (Lipinski definition) is 3. The van der Waals surface area contributed by atoms with Crippen LogP contribution in [0.5, 0.6) is 0 Å². The number of carboxylic acid groups (broad SMARTS) is 1. The Labute approximate surface area is 116 Å². The molecule has 0 amide bonds. The molecule has 1 saturated heterocycles. The molecule has 0 aromatic heterocycles. The molecule has 3 unspecified atom stereocenters. The summed E-state index contributed by atoms with van der Waals surface area (Å²) < 4.78 is 38.4. The molecule has 2 rings (SSSR count). The largest absolute Gasteiger partial charge is 0.480 e. The highest BCUT2D eigenvalue weighted by molar-refractivity contribution is 5.79. The van der Waals surface area contributed by atoms with Crippen LogP contribution in [-0.4, -0.2) is 53.9 Å². The third kappa shape index (κ3) is 2.93. The second-order valence-electron chi connectivity index (χ2n) is 5.91. The topological polar surface area (TPSA) is 52.6 Å². The van der Waals surface area contributed by atoms with Gasteiger partial charge in [-0.05, 0) is 45.7 Å². The maximum absolute atomic E-state index is 12.8. The van der Waals surface area contributed by atoms with Gasteiger partial charge in [0.2, 0.25) is 0 Å². The van der Waals surface area contributed by atoms with E-state index in [0.717, 1.165) is 0 Å². The standard InChI is InChI=1S/C13H21F3N2O2/c1-17-12(11(19)20)5-4-10(7-12)18-6-2-3-9(8-18)13(14,15)16/h9-10,17H,2-8H2,1H3,(H,19,20). The highest BCUT2D eigenvalue weighted by atomic mass is 19.4. The number of rotatable bonds is 3. The first-order valence-corrected chi connectivity index (χ1v) is 7.01. The minimum atomic E-state index is -4.15. The lowest BCUT2D eigenvalue weighted by atomic mass is 9.94. The van der Waals surface area contributed by atoms with E-state index in [0.29, 0.717) is 32.2 Å². The molecule has 7 heteroatoms. The Hall–Kier alpha value is -0.820. The highest BCUT2D eigenvalue weighted by Gasteiger charge is 2.48. The number of carboxylic acids is 1. The maximum atomic E-state index is 12.8. The van der Waals surface area contributed by atoms with Gasteiger partial charge in [-0.15, -0.1) is 0 Å². The molecule has 0 radical (unpaired) electrons. The van der Waals surface area contributed by atoms with Gasteiger partial charge in [-0.1, -0.05) is 0 Å². The van der Waals surface area contributed by atoms with Gasteiger partial charge < -0.3 is 10.4 Å². The van der Waals surface area contributed by atoms with Gasteiger partial charge in [-0.25, -0.2) is 0 Å². The Bertz CT molecular complexity index is 375. The monoisotopic (exact) mass is 294 g/mol. The van der Waals surface area contributed by atoms with Crippen molar-refractivity contribution in [3.8, 4) is 0 Å². The van der Waals surface area contributed by atoms with Crippen LogP contribution in [0.15, 0.2) is 0 Å². The molecule has 3 atom stereocenters. The molecule has 1 saturated carbocycles. The van der Waals surface area contributed by atoms with Gasteiger partial charge in [0, 0.05) is 12.6 Å². The predicted octanol–water partition coefficient (Wildman–Crippen LogP) is 1.86. The number of likely N-dealkylation sites (N-methyl/N-ethyl adjacent to an activating group) is 1. The highest BCUT2D eigenvalue weighted by Crippen LogP contribution is 2.38. The van der Waals surface area contributed by atoms with Crippen molar-refractivity contribution in [3.63, 3.8) is 0 Å². The third-order valence-corrected chi connectivity index (χ3v) is 4.81. The van der Waals surface area contributed by atoms with Crippen molar-refractivity contribution in [1.82, 2.24) is 10.2 Å². The molecule has 0 spiro atoms. The maximum Gasteiger partial charge on any atom is 0.393 e. The molecular formula is C13H21F3N2O2. The van der Waals surface area contributed by atoms with Crippen LogP contribution in [0.3, 0.4) is 0 Å². The SMILES string of the molecule is CNC1(C(=O)O)CCC(N2CCCC(C(F)(F)F)C2)C1. The van der Waals surface area contributed by atoms with Crippen molar-refractivity contribution in [2.75, 3.05) is 20.1 Å². The minimum absolute atomic E-state index is 0.00752. The van der Waals surface area contributed by atoms with Gasteiger partial charge in [0.1, 0.15) is 5.54 Å². The van der Waals surface area contributed by atoms with Crippen LogP contribution in [0.25, 0.3) is 0 Å². The number of hydrogen-bond donors (Lipinski definition) is 2. The summed E-state index contributed by atoms with van der Waals surface area (Å²) in [5.74, 6) is -2.18. The van der Waals surface area contributed by atoms with Crippen molar-refractivity contribution in [3.05, 3.63) is 0 Å². The van der Waals surface area contributed by atoms with Gasteiger partial charge in [0.05, 0.1) is 5.92 Å². The summed E-state index contributed by atoms with van der Waals surface area (Å²) in [4.78, 5) is 13.2. The molecule has 1 aliphatic carbocycles. The van der Waals surface area contributed by atoms with Crippen molar-refractivity contribution >= 4 is 5.97 Å². The Morgan fingerprint density at radius 1 is 1.40 bits per heavy atom. The van der Waals surface area contributed by atoms with Crippen LogP contribution in [-0.2, 0) is 4.79 Å². The first-order chi connectivity index (χ1) is 9.28. The zero-order valence-corrected chi connectivity index (χ0v) is 11.5. The van der Waals surface area contributed by atoms with Crippen LogP contribution in [0, 0.1) is 5.92 Å². The van der Waals surface area contributed by atoms with Crippen LogP contribution in [0.1, 0.15) is 32.1 Å². The quantitative estimate of drug-likeness (QED) is 0.834. The van der Waals surface area contributed by atoms with Crippen molar-refractivity contribution < 1.29 is 23.1 Å². The summed E-state index contributed by atoms with van der Waals surface area (Å²) in [5.41, 5.74) is -0.976. The molecule has 2 N–H and O–H groups in total. The van der Waals surface area contributed by atoms with E-state index in [4.69, 9.17) is 0 Å². The molecule has 0 aromatic rings. The van der Waals surface area contributed by atoms with Gasteiger partial charge in [-0.2, -0.15) is 13.2 Å². The number of likely N-dealkylation sites (tertiary alicyclic amines) is 1. The van der Waals surface area contributed by atoms with Crippen LogP contribution in [0.2, 0.25) is 0 Å². The third-order valence-electron chi connectivity index (χ3n) is 4.81. The zero-order chi connectivity index (χ0) is 15.0. The van der Waals surface area contributed by atoms with E-state index in [-0.39, 0.29) is 19.0 Å². The second-order valence-corrected chi connectivity index (χ2v) is 5.91. The summed E-state index contributed by atoms with van der Waals surface area (Å²) >= 11 is 0. The smallest absolute Gasteiger partial charge is 0.393 e. The van der Waals surface area contributed by atoms with Gasteiger partial charge >= 0.3 is 12.1 Å². The molecular weight excluding hydrogens is 273 g/mol. The Balaban J connectivity index is 2.01. The lowest BCUT2D eigenvalue weighted by molar-refractivity contribution is -0.188. The second kappa shape index (κ2) is 5.52. The molecule has 0 aromatic carbocycles. The normalized spacial score (nSPS) is 36.2. The summed E-state index contributed by atoms with van der Waals surface area (Å²) in [7, 11) is 1.60. The van der Waals surface area contributed by atoms with Gasteiger partial charge in [-0.3, -0.25) is 9.69 Å². The van der Waals surface area contributed by atoms with Crippen molar-refractivity contribution in [2.45, 2.75) is 49.9 Å². The average Bonchev–Trinajstić information content (AvgIpc) is 2.84. The zero-order valence-electron chi connectivity index (χ0n) is 11.5. The number of aliphatic carboxylic acids is 1. The minimum Gasteiger partial charge on any atom is -0.480 e. The predicted molar refractivity (Wildman–Crippen MR) is 67.4 cm³/mol. The lowest BCUT2D eigenvalue weighted by Crippen LogP contribution is -2.51. The number of nitrogens with zero attached hydrogens (tertiary/aromatic N) is 1. The van der Waals surface area contributed by atoms with E-state index < -0.39 is 23.6 Å². The van der Waals surface area contributed by atoms with E-state index >= 15 is 0 Å². The number of nitrogens with one attached hydrogen (secondary N) is 1. The fourth-order valence-corrected chi connectivity index (χ4v) is 3.46. The number of alkyl halides is 3. The van der Waals surface area contributed by atoms with E-state index in [2.05, 4.69) is 5.32 Å². The van der Waals surface area contributed by atoms with Gasteiger partial charge in [0.15, 0.2) is 0 Å². The van der Waals surface area contributed by atoms with Crippen LogP contribution < -0.4 is 5.32 Å². The van der Waals surface area contributed by atoms with Crippen molar-refractivity contribution in [2.24, 2.45) is 5.92 Å². The number of carbonyl (C=O) groups is 1. The molecule has 20 heavy (non-hydrogen) atoms. The summed E-state index contributed by atoms with van der Waals surface area (Å²) in [6.45, 7) is 0.643. The fraction of sp³-hybridized carbons (Fsp3) is 0.923. The molecule has 1 aliphatic heterocycles. The lowest BCUT2D eigenvalue weighted by Gasteiger charge is -2.38. The molecule has 2 aliphatic rings. The van der Waals surface area contributed by atoms with Crippen molar-refractivity contribution in [1.29, 1.82) is 0 Å². The summed E-state index contributed by atoms with van der Waals surface area (Å²) in [6.07, 6.45) is -1.95. The first-order valence-electron chi connectivity index (χ1n) is 7.01. The molecule has 116 valence electrons. The Morgan fingerprint density at radius 2 is 2.10 bits per heavy atom. The molecule has 0 bridgehead atoms.